The first kappa shape index (κ1) is 27.4. The summed E-state index contributed by atoms with van der Waals surface area (Å²) in [7, 11) is 0. The minimum absolute atomic E-state index is 0.0658. The minimum Gasteiger partial charge on any atom is -0.507 e. The van der Waals surface area contributed by atoms with E-state index < -0.39 is 0 Å². The van der Waals surface area contributed by atoms with E-state index in [1.165, 1.54) is 5.56 Å². The number of amidine groups is 1. The second-order valence-electron chi connectivity index (χ2n) is 12.0. The lowest BCUT2D eigenvalue weighted by Gasteiger charge is -2.29. The van der Waals surface area contributed by atoms with Gasteiger partial charge in [-0.3, -0.25) is 4.79 Å². The van der Waals surface area contributed by atoms with Crippen molar-refractivity contribution in [1.82, 2.24) is 4.90 Å². The van der Waals surface area contributed by atoms with E-state index in [-0.39, 0.29) is 28.6 Å². The largest absolute Gasteiger partial charge is 0.507 e. The molecule has 190 valence electrons. The molecule has 3 rings (SSSR count). The van der Waals surface area contributed by atoms with E-state index in [1.807, 2.05) is 18.2 Å². The summed E-state index contributed by atoms with van der Waals surface area (Å²) in [5, 5.41) is 11.1. The smallest absolute Gasteiger partial charge is 0.182 e. The van der Waals surface area contributed by atoms with Gasteiger partial charge in [0.25, 0.3) is 0 Å². The fourth-order valence-corrected chi connectivity index (χ4v) is 5.67. The first-order chi connectivity index (χ1) is 16.4. The third-order valence-electron chi connectivity index (χ3n) is 7.05. The van der Waals surface area contributed by atoms with Gasteiger partial charge in [-0.15, -0.1) is 0 Å². The molecule has 1 aliphatic heterocycles. The molecule has 0 unspecified atom stereocenters. The van der Waals surface area contributed by atoms with Crippen LogP contribution in [0.1, 0.15) is 94.8 Å². The Kier molecular flexibility index (Phi) is 8.52. The highest BCUT2D eigenvalue weighted by Gasteiger charge is 2.38. The van der Waals surface area contributed by atoms with Crippen molar-refractivity contribution in [3.05, 3.63) is 64.7 Å². The number of ketones is 1. The maximum atomic E-state index is 13.8. The van der Waals surface area contributed by atoms with Crippen molar-refractivity contribution >= 4 is 27.8 Å². The van der Waals surface area contributed by atoms with Gasteiger partial charge in [0.15, 0.2) is 5.78 Å². The van der Waals surface area contributed by atoms with Crippen LogP contribution in [-0.2, 0) is 17.3 Å². The monoisotopic (exact) mass is 540 g/mol. The van der Waals surface area contributed by atoms with Crippen molar-refractivity contribution in [1.29, 1.82) is 0 Å². The summed E-state index contributed by atoms with van der Waals surface area (Å²) in [6.45, 7) is 14.9. The molecule has 2 aromatic rings. The zero-order valence-electron chi connectivity index (χ0n) is 22.4. The van der Waals surface area contributed by atoms with Crippen LogP contribution in [0.2, 0.25) is 0 Å². The number of rotatable bonds is 7. The Morgan fingerprint density at radius 2 is 1.63 bits per heavy atom. The second-order valence-corrected chi connectivity index (χ2v) is 12.3. The molecule has 4 nitrogen and oxygen atoms in total. The van der Waals surface area contributed by atoms with Crippen LogP contribution >= 0.6 is 16.1 Å². The summed E-state index contributed by atoms with van der Waals surface area (Å²) in [6, 6.07) is 14.6. The van der Waals surface area contributed by atoms with Gasteiger partial charge in [-0.2, -0.15) is 4.02 Å². The predicted octanol–water partition coefficient (Wildman–Crippen LogP) is 7.61. The molecule has 0 aliphatic carbocycles. The van der Waals surface area contributed by atoms with E-state index >= 15 is 0 Å². The maximum absolute atomic E-state index is 13.8. The third kappa shape index (κ3) is 6.35. The molecule has 1 N–H and O–H groups in total. The van der Waals surface area contributed by atoms with Crippen molar-refractivity contribution in [3.8, 4) is 5.75 Å². The number of phenolic OH excluding ortho intramolecular Hbond substituents is 1. The molecule has 1 fully saturated rings. The lowest BCUT2D eigenvalue weighted by Crippen LogP contribution is -2.38. The van der Waals surface area contributed by atoms with Gasteiger partial charge in [-0.25, -0.2) is 0 Å². The molecule has 35 heavy (non-hydrogen) atoms. The van der Waals surface area contributed by atoms with E-state index in [0.29, 0.717) is 17.9 Å². The Labute approximate surface area is 220 Å². The minimum atomic E-state index is -0.276. The number of nitrogens with zero attached hydrogens (tertiary/aromatic N) is 2. The summed E-state index contributed by atoms with van der Waals surface area (Å²) in [4.78, 5) is 16.0. The normalized spacial score (nSPS) is 20.0. The number of carbonyl (C=O) groups is 1. The van der Waals surface area contributed by atoms with Crippen molar-refractivity contribution in [3.63, 3.8) is 0 Å². The van der Waals surface area contributed by atoms with Gasteiger partial charge in [0, 0.05) is 28.7 Å². The summed E-state index contributed by atoms with van der Waals surface area (Å²) in [5.74, 6) is 1.61. The topological polar surface area (TPSA) is 52.9 Å². The number of carbonyl (C=O) groups excluding carboxylic acids is 1. The zero-order valence-corrected chi connectivity index (χ0v) is 23.9. The van der Waals surface area contributed by atoms with Gasteiger partial charge in [0.2, 0.25) is 0 Å². The number of likely N-dealkylation sites (tertiary alicyclic amines) is 1. The first-order valence-corrected chi connectivity index (χ1v) is 13.5. The average molecular weight is 542 g/mol. The highest BCUT2D eigenvalue weighted by atomic mass is 79.9. The Hall–Kier alpha value is -2.14. The van der Waals surface area contributed by atoms with Gasteiger partial charge < -0.3 is 10.0 Å². The fourth-order valence-electron chi connectivity index (χ4n) is 5.18. The number of halogens is 1. The molecule has 0 bridgehead atoms. The van der Waals surface area contributed by atoms with Crippen LogP contribution in [0.5, 0.6) is 5.75 Å². The van der Waals surface area contributed by atoms with Gasteiger partial charge >= 0.3 is 0 Å². The highest BCUT2D eigenvalue weighted by Crippen LogP contribution is 2.40. The fraction of sp³-hybridized carbons (Fsp3) is 0.533. The van der Waals surface area contributed by atoms with Crippen LogP contribution in [0.3, 0.4) is 0 Å². The molecule has 0 spiro atoms. The molecule has 0 radical (unpaired) electrons. The predicted molar refractivity (Wildman–Crippen MR) is 150 cm³/mol. The Morgan fingerprint density at radius 1 is 1.06 bits per heavy atom. The van der Waals surface area contributed by atoms with Crippen LogP contribution in [0.4, 0.5) is 0 Å². The molecule has 0 aromatic heterocycles. The summed E-state index contributed by atoms with van der Waals surface area (Å²) >= 11 is 3.38. The standard InChI is InChI=1S/C30H41BrN2O2/c1-8-12-23-16-22(15-20-13-10-9-11-14-20)28(32-31)33(23)19-26(34)21-17-24(29(2,3)4)27(35)25(18-21)30(5,6)7/h9-11,13-14,17-18,22-23,35H,8,12,15-16,19H2,1-7H3/t22-,23-/m0/s1. The Bertz CT molecular complexity index is 1030. The molecule has 1 aliphatic rings. The van der Waals surface area contributed by atoms with Crippen molar-refractivity contribution in [2.75, 3.05) is 6.54 Å². The molecule has 1 saturated heterocycles. The number of benzene rings is 2. The lowest BCUT2D eigenvalue weighted by atomic mass is 9.78. The third-order valence-corrected chi connectivity index (χ3v) is 7.42. The summed E-state index contributed by atoms with van der Waals surface area (Å²) in [6.07, 6.45) is 4.00. The lowest BCUT2D eigenvalue weighted by molar-refractivity contribution is 0.0950. The van der Waals surface area contributed by atoms with Crippen molar-refractivity contribution in [2.45, 2.75) is 91.0 Å². The summed E-state index contributed by atoms with van der Waals surface area (Å²) in [5.41, 5.74) is 3.03. The Morgan fingerprint density at radius 3 is 2.11 bits per heavy atom. The summed E-state index contributed by atoms with van der Waals surface area (Å²) < 4.78 is 4.52. The average Bonchev–Trinajstić information content (AvgIpc) is 3.08. The number of Topliss-reactive ketones (excluding diaryl/α,β-unsaturated/α-hetero) is 1. The van der Waals surface area contributed by atoms with Crippen LogP contribution < -0.4 is 0 Å². The molecular formula is C30H41BrN2O2. The quantitative estimate of drug-likeness (QED) is 0.367. The SMILES string of the molecule is CCC[C@H]1C[C@H](Cc2ccccc2)C(=NBr)N1CC(=O)c1cc(C(C)(C)C)c(O)c(C(C)(C)C)c1. The highest BCUT2D eigenvalue weighted by molar-refractivity contribution is 9.08. The van der Waals surface area contributed by atoms with E-state index in [2.05, 4.69) is 97.8 Å². The molecule has 0 saturated carbocycles. The number of aromatic hydroxyl groups is 1. The van der Waals surface area contributed by atoms with Gasteiger partial charge in [-0.05, 0) is 47.8 Å². The number of phenols is 1. The molecule has 5 heteroatoms. The van der Waals surface area contributed by atoms with Crippen LogP contribution in [0.15, 0.2) is 46.5 Å². The molecule has 2 aromatic carbocycles. The molecule has 0 amide bonds. The first-order valence-electron chi connectivity index (χ1n) is 12.8. The van der Waals surface area contributed by atoms with E-state index in [0.717, 1.165) is 42.6 Å². The number of hydrogen-bond donors (Lipinski definition) is 1. The van der Waals surface area contributed by atoms with Crippen LogP contribution in [0.25, 0.3) is 0 Å². The molecule has 2 atom stereocenters. The van der Waals surface area contributed by atoms with E-state index in [4.69, 9.17) is 0 Å². The van der Waals surface area contributed by atoms with Crippen LogP contribution in [-0.4, -0.2) is 34.2 Å². The maximum Gasteiger partial charge on any atom is 0.182 e. The van der Waals surface area contributed by atoms with Gasteiger partial charge in [0.1, 0.15) is 11.6 Å². The van der Waals surface area contributed by atoms with Gasteiger partial charge in [0.05, 0.1) is 22.7 Å². The van der Waals surface area contributed by atoms with E-state index in [9.17, 15) is 9.90 Å². The van der Waals surface area contributed by atoms with Crippen LogP contribution in [0, 0.1) is 5.92 Å². The second kappa shape index (κ2) is 10.9. The molecule has 1 heterocycles. The Balaban J connectivity index is 1.94. The van der Waals surface area contributed by atoms with E-state index in [1.54, 1.807) is 0 Å². The number of hydrogen-bond acceptors (Lipinski definition) is 3. The molecular weight excluding hydrogens is 500 g/mol. The van der Waals surface area contributed by atoms with Crippen molar-refractivity contribution in [2.24, 2.45) is 9.94 Å². The van der Waals surface area contributed by atoms with Crippen molar-refractivity contribution < 1.29 is 9.90 Å². The van der Waals surface area contributed by atoms with Gasteiger partial charge in [-0.1, -0.05) is 85.2 Å². The zero-order chi connectivity index (χ0) is 26.0.